The fraction of sp³-hybridized carbons (Fsp3) is 0.636. The van der Waals surface area contributed by atoms with Crippen molar-refractivity contribution < 1.29 is 9.90 Å². The van der Waals surface area contributed by atoms with Crippen LogP contribution in [0.1, 0.15) is 36.9 Å². The maximum absolute atomic E-state index is 11.8. The van der Waals surface area contributed by atoms with Crippen molar-refractivity contribution in [2.75, 3.05) is 0 Å². The summed E-state index contributed by atoms with van der Waals surface area (Å²) in [5.41, 5.74) is 0.515. The fourth-order valence-corrected chi connectivity index (χ4v) is 2.53. The van der Waals surface area contributed by atoms with Crippen molar-refractivity contribution in [3.05, 3.63) is 16.1 Å². The second-order valence-electron chi connectivity index (χ2n) is 4.49. The molecule has 1 aromatic rings. The van der Waals surface area contributed by atoms with E-state index in [4.69, 9.17) is 5.11 Å². The van der Waals surface area contributed by atoms with E-state index in [0.717, 1.165) is 24.3 Å². The van der Waals surface area contributed by atoms with Crippen LogP contribution in [0.3, 0.4) is 0 Å². The molecule has 0 aromatic carbocycles. The highest BCUT2D eigenvalue weighted by Crippen LogP contribution is 2.40. The molecule has 4 nitrogen and oxygen atoms in total. The molecule has 1 heterocycles. The quantitative estimate of drug-likeness (QED) is 0.837. The van der Waals surface area contributed by atoms with Crippen molar-refractivity contribution in [1.29, 1.82) is 0 Å². The first-order chi connectivity index (χ1) is 7.64. The molecule has 88 valence electrons. The highest BCUT2D eigenvalue weighted by Gasteiger charge is 2.38. The molecule has 1 amide bonds. The van der Waals surface area contributed by atoms with Crippen LogP contribution in [0.15, 0.2) is 5.38 Å². The fourth-order valence-electron chi connectivity index (χ4n) is 1.81. The minimum atomic E-state index is -0.156. The Morgan fingerprint density at radius 2 is 2.44 bits per heavy atom. The molecule has 5 heteroatoms. The standard InChI is InChI=1S/C11H16N2O2S/c1-11(3-2-4-11)10(15)12-5-9-13-8(6-14)7-16-9/h7,14H,2-6H2,1H3,(H,12,15). The SMILES string of the molecule is CC1(C(=O)NCc2nc(CO)cs2)CCC1. The van der Waals surface area contributed by atoms with E-state index in [9.17, 15) is 4.79 Å². The van der Waals surface area contributed by atoms with Crippen molar-refractivity contribution in [3.63, 3.8) is 0 Å². The Labute approximate surface area is 98.7 Å². The number of aromatic nitrogens is 1. The molecule has 0 atom stereocenters. The number of carbonyl (C=O) groups excluding carboxylic acids is 1. The van der Waals surface area contributed by atoms with Gasteiger partial charge in [0.1, 0.15) is 5.01 Å². The van der Waals surface area contributed by atoms with Crippen LogP contribution >= 0.6 is 11.3 Å². The number of amides is 1. The van der Waals surface area contributed by atoms with E-state index in [1.807, 2.05) is 12.3 Å². The first-order valence-electron chi connectivity index (χ1n) is 5.46. The zero-order chi connectivity index (χ0) is 11.6. The molecule has 1 fully saturated rings. The van der Waals surface area contributed by atoms with Gasteiger partial charge in [-0.15, -0.1) is 11.3 Å². The van der Waals surface area contributed by atoms with E-state index in [2.05, 4.69) is 10.3 Å². The molecule has 16 heavy (non-hydrogen) atoms. The number of thiazole rings is 1. The lowest BCUT2D eigenvalue weighted by Crippen LogP contribution is -2.43. The lowest BCUT2D eigenvalue weighted by molar-refractivity contribution is -0.134. The highest BCUT2D eigenvalue weighted by atomic mass is 32.1. The minimum absolute atomic E-state index is 0.0395. The van der Waals surface area contributed by atoms with E-state index in [0.29, 0.717) is 12.2 Å². The molecule has 2 N–H and O–H groups in total. The zero-order valence-corrected chi connectivity index (χ0v) is 10.1. The molecule has 1 saturated carbocycles. The lowest BCUT2D eigenvalue weighted by atomic mass is 9.70. The predicted octanol–water partition coefficient (Wildman–Crippen LogP) is 1.44. The summed E-state index contributed by atoms with van der Waals surface area (Å²) in [6.07, 6.45) is 3.12. The third-order valence-corrected chi connectivity index (χ3v) is 4.06. The number of aliphatic hydroxyl groups is 1. The van der Waals surface area contributed by atoms with Crippen LogP contribution in [0.25, 0.3) is 0 Å². The molecule has 2 rings (SSSR count). The summed E-state index contributed by atoms with van der Waals surface area (Å²) in [4.78, 5) is 16.0. The van der Waals surface area contributed by atoms with E-state index in [-0.39, 0.29) is 17.9 Å². The number of nitrogens with zero attached hydrogens (tertiary/aromatic N) is 1. The highest BCUT2D eigenvalue weighted by molar-refractivity contribution is 7.09. The van der Waals surface area contributed by atoms with E-state index < -0.39 is 0 Å². The molecule has 0 saturated heterocycles. The summed E-state index contributed by atoms with van der Waals surface area (Å²) in [6.45, 7) is 2.44. The number of rotatable bonds is 4. The van der Waals surface area contributed by atoms with Crippen molar-refractivity contribution in [1.82, 2.24) is 10.3 Å². The number of nitrogens with one attached hydrogen (secondary N) is 1. The Hall–Kier alpha value is -0.940. The largest absolute Gasteiger partial charge is 0.390 e. The monoisotopic (exact) mass is 240 g/mol. The van der Waals surface area contributed by atoms with Gasteiger partial charge in [-0.3, -0.25) is 4.79 Å². The summed E-state index contributed by atoms with van der Waals surface area (Å²) in [5.74, 6) is 0.125. The van der Waals surface area contributed by atoms with Crippen molar-refractivity contribution in [2.24, 2.45) is 5.41 Å². The van der Waals surface area contributed by atoms with Crippen LogP contribution in [0, 0.1) is 5.41 Å². The Kier molecular flexibility index (Phi) is 3.25. The molecule has 0 aliphatic heterocycles. The number of aliphatic hydroxyl groups excluding tert-OH is 1. The van der Waals surface area contributed by atoms with Gasteiger partial charge >= 0.3 is 0 Å². The van der Waals surface area contributed by atoms with Crippen molar-refractivity contribution in [2.45, 2.75) is 39.3 Å². The molecular formula is C11H16N2O2S. The molecule has 0 bridgehead atoms. The zero-order valence-electron chi connectivity index (χ0n) is 9.32. The average molecular weight is 240 g/mol. The van der Waals surface area contributed by atoms with Gasteiger partial charge in [-0.25, -0.2) is 4.98 Å². The molecule has 0 unspecified atom stereocenters. The summed E-state index contributed by atoms with van der Waals surface area (Å²) in [5, 5.41) is 14.4. The van der Waals surface area contributed by atoms with Gasteiger partial charge in [0.25, 0.3) is 0 Å². The number of hydrogen-bond acceptors (Lipinski definition) is 4. The lowest BCUT2D eigenvalue weighted by Gasteiger charge is -2.36. The Morgan fingerprint density at radius 1 is 1.69 bits per heavy atom. The van der Waals surface area contributed by atoms with E-state index in [1.54, 1.807) is 0 Å². The first-order valence-corrected chi connectivity index (χ1v) is 6.34. The molecule has 1 aliphatic carbocycles. The van der Waals surface area contributed by atoms with Gasteiger partial charge in [0, 0.05) is 10.8 Å². The average Bonchev–Trinajstić information content (AvgIpc) is 2.70. The number of carbonyl (C=O) groups is 1. The molecule has 0 spiro atoms. The topological polar surface area (TPSA) is 62.2 Å². The van der Waals surface area contributed by atoms with Crippen LogP contribution in [0.2, 0.25) is 0 Å². The van der Waals surface area contributed by atoms with Gasteiger partial charge in [0.05, 0.1) is 18.8 Å². The minimum Gasteiger partial charge on any atom is -0.390 e. The third kappa shape index (κ3) is 2.25. The second kappa shape index (κ2) is 4.51. The molecular weight excluding hydrogens is 224 g/mol. The van der Waals surface area contributed by atoms with Crippen molar-refractivity contribution >= 4 is 17.2 Å². The first kappa shape index (κ1) is 11.5. The summed E-state index contributed by atoms with van der Waals surface area (Å²) in [6, 6.07) is 0. The maximum atomic E-state index is 11.8. The van der Waals surface area contributed by atoms with Gasteiger partial charge in [-0.1, -0.05) is 13.3 Å². The van der Waals surface area contributed by atoms with Crippen LogP contribution in [-0.2, 0) is 17.9 Å². The Balaban J connectivity index is 1.85. The second-order valence-corrected chi connectivity index (χ2v) is 5.43. The molecule has 1 aliphatic rings. The smallest absolute Gasteiger partial charge is 0.226 e. The summed E-state index contributed by atoms with van der Waals surface area (Å²) < 4.78 is 0. The number of hydrogen-bond donors (Lipinski definition) is 2. The van der Waals surface area contributed by atoms with E-state index in [1.165, 1.54) is 11.3 Å². The van der Waals surface area contributed by atoms with Crippen LogP contribution in [0.5, 0.6) is 0 Å². The summed E-state index contributed by atoms with van der Waals surface area (Å²) >= 11 is 1.47. The third-order valence-electron chi connectivity index (χ3n) is 3.17. The van der Waals surface area contributed by atoms with Crippen LogP contribution < -0.4 is 5.32 Å². The molecule has 0 radical (unpaired) electrons. The Morgan fingerprint density at radius 3 is 2.94 bits per heavy atom. The van der Waals surface area contributed by atoms with Crippen LogP contribution in [0.4, 0.5) is 0 Å². The van der Waals surface area contributed by atoms with Crippen LogP contribution in [-0.4, -0.2) is 16.0 Å². The predicted molar refractivity (Wildman–Crippen MR) is 61.8 cm³/mol. The van der Waals surface area contributed by atoms with Gasteiger partial charge in [-0.2, -0.15) is 0 Å². The normalized spacial score (nSPS) is 17.9. The van der Waals surface area contributed by atoms with E-state index >= 15 is 0 Å². The van der Waals surface area contributed by atoms with Gasteiger partial charge in [0.15, 0.2) is 0 Å². The maximum Gasteiger partial charge on any atom is 0.226 e. The summed E-state index contributed by atoms with van der Waals surface area (Å²) in [7, 11) is 0. The van der Waals surface area contributed by atoms with Crippen molar-refractivity contribution in [3.8, 4) is 0 Å². The van der Waals surface area contributed by atoms with Gasteiger partial charge in [0.2, 0.25) is 5.91 Å². The van der Waals surface area contributed by atoms with Gasteiger partial charge in [-0.05, 0) is 12.8 Å². The van der Waals surface area contributed by atoms with Gasteiger partial charge < -0.3 is 10.4 Å². The molecule has 1 aromatic heterocycles. The Bertz CT molecular complexity index is 385.